The fourth-order valence-electron chi connectivity index (χ4n) is 2.99. The van der Waals surface area contributed by atoms with Crippen molar-refractivity contribution in [3.63, 3.8) is 0 Å². The molecule has 0 radical (unpaired) electrons. The van der Waals surface area contributed by atoms with Crippen molar-refractivity contribution in [1.82, 2.24) is 24.9 Å². The molecular weight excluding hydrogens is 388 g/mol. The van der Waals surface area contributed by atoms with Crippen LogP contribution in [-0.4, -0.2) is 24.9 Å². The minimum absolute atomic E-state index is 0.404. The zero-order chi connectivity index (χ0) is 19.8. The average molecular weight is 404 g/mol. The van der Waals surface area contributed by atoms with Crippen molar-refractivity contribution in [3.8, 4) is 27.6 Å². The smallest absolute Gasteiger partial charge is 0.233 e. The Morgan fingerprint density at radius 2 is 2.14 bits per heavy atom. The van der Waals surface area contributed by atoms with Gasteiger partial charge in [0.1, 0.15) is 17.1 Å². The number of hydrogen-bond acceptors (Lipinski definition) is 8. The van der Waals surface area contributed by atoms with E-state index in [1.165, 1.54) is 11.3 Å². The number of nitrogens with two attached hydrogens (primary N) is 1. The number of furan rings is 1. The van der Waals surface area contributed by atoms with Gasteiger partial charge in [-0.2, -0.15) is 10.1 Å². The van der Waals surface area contributed by atoms with Gasteiger partial charge in [-0.15, -0.1) is 11.3 Å². The highest BCUT2D eigenvalue weighted by Gasteiger charge is 2.18. The number of nitrogens with zero attached hydrogens (tertiary/aromatic N) is 5. The molecule has 0 spiro atoms. The molecule has 4 heterocycles. The fraction of sp³-hybridized carbons (Fsp3) is 0.100. The molecule has 5 aromatic rings. The van der Waals surface area contributed by atoms with Crippen molar-refractivity contribution >= 4 is 17.2 Å². The summed E-state index contributed by atoms with van der Waals surface area (Å²) >= 11 is 1.54. The zero-order valence-corrected chi connectivity index (χ0v) is 16.3. The maximum Gasteiger partial charge on any atom is 0.233 e. The monoisotopic (exact) mass is 404 g/mol. The normalized spacial score (nSPS) is 11.2. The summed E-state index contributed by atoms with van der Waals surface area (Å²) in [6.07, 6.45) is 5.38. The first-order valence-electron chi connectivity index (χ1n) is 8.88. The van der Waals surface area contributed by atoms with Crippen molar-refractivity contribution in [2.75, 3.05) is 5.73 Å². The molecule has 8 nitrogen and oxygen atoms in total. The second kappa shape index (κ2) is 7.02. The minimum Gasteiger partial charge on any atom is -0.472 e. The molecule has 0 aliphatic carbocycles. The van der Waals surface area contributed by atoms with Gasteiger partial charge >= 0.3 is 0 Å². The van der Waals surface area contributed by atoms with Crippen LogP contribution in [0.2, 0.25) is 0 Å². The standard InChI is InChI=1S/C20H16N6O2S/c1-12-3-2-4-15(7-12)26-18(21)16(9-22-26)19-24-17(28-25-19)8-14-11-29-20(23-14)13-5-6-27-10-13/h2-7,9-11H,8,21H2,1H3. The quantitative estimate of drug-likeness (QED) is 0.469. The second-order valence-corrected chi connectivity index (χ2v) is 7.40. The van der Waals surface area contributed by atoms with Crippen molar-refractivity contribution in [3.05, 3.63) is 71.6 Å². The lowest BCUT2D eigenvalue weighted by molar-refractivity contribution is 0.385. The van der Waals surface area contributed by atoms with Crippen LogP contribution in [0.25, 0.3) is 27.6 Å². The molecule has 144 valence electrons. The molecule has 2 N–H and O–H groups in total. The summed E-state index contributed by atoms with van der Waals surface area (Å²) in [4.78, 5) is 9.06. The summed E-state index contributed by atoms with van der Waals surface area (Å²) in [5.41, 5.74) is 10.7. The highest BCUT2D eigenvalue weighted by molar-refractivity contribution is 7.13. The Morgan fingerprint density at radius 3 is 2.97 bits per heavy atom. The molecular formula is C20H16N6O2S. The summed E-state index contributed by atoms with van der Waals surface area (Å²) in [5.74, 6) is 1.33. The van der Waals surface area contributed by atoms with Gasteiger partial charge in [-0.05, 0) is 30.7 Å². The molecule has 0 aliphatic heterocycles. The third-order valence-corrected chi connectivity index (χ3v) is 5.35. The van der Waals surface area contributed by atoms with Gasteiger partial charge in [0.05, 0.1) is 35.8 Å². The summed E-state index contributed by atoms with van der Waals surface area (Å²) < 4.78 is 12.2. The maximum atomic E-state index is 6.30. The number of benzene rings is 1. The Labute approximate surface area is 169 Å². The van der Waals surface area contributed by atoms with Crippen LogP contribution < -0.4 is 5.73 Å². The molecule has 0 saturated heterocycles. The average Bonchev–Trinajstić information content (AvgIpc) is 3.49. The molecule has 0 atom stereocenters. The number of nitrogen functional groups attached to an aromatic ring is 1. The zero-order valence-electron chi connectivity index (χ0n) is 15.4. The fourth-order valence-corrected chi connectivity index (χ4v) is 3.80. The molecule has 0 bridgehead atoms. The van der Waals surface area contributed by atoms with Gasteiger partial charge < -0.3 is 14.7 Å². The molecule has 0 fully saturated rings. The maximum absolute atomic E-state index is 6.30. The van der Waals surface area contributed by atoms with Gasteiger partial charge in [-0.3, -0.25) is 0 Å². The first kappa shape index (κ1) is 17.4. The van der Waals surface area contributed by atoms with Crippen molar-refractivity contribution in [1.29, 1.82) is 0 Å². The van der Waals surface area contributed by atoms with E-state index in [4.69, 9.17) is 14.7 Å². The van der Waals surface area contributed by atoms with Crippen molar-refractivity contribution < 1.29 is 8.94 Å². The number of aryl methyl sites for hydroxylation is 1. The molecule has 1 aromatic carbocycles. The molecule has 0 saturated carbocycles. The van der Waals surface area contributed by atoms with Gasteiger partial charge in [-0.1, -0.05) is 17.3 Å². The van der Waals surface area contributed by atoms with E-state index in [0.29, 0.717) is 29.5 Å². The van der Waals surface area contributed by atoms with E-state index in [2.05, 4.69) is 20.2 Å². The van der Waals surface area contributed by atoms with Crippen LogP contribution in [0.5, 0.6) is 0 Å². The molecule has 0 unspecified atom stereocenters. The second-order valence-electron chi connectivity index (χ2n) is 6.54. The summed E-state index contributed by atoms with van der Waals surface area (Å²) in [6, 6.07) is 9.81. The van der Waals surface area contributed by atoms with E-state index in [1.54, 1.807) is 23.4 Å². The molecule has 29 heavy (non-hydrogen) atoms. The van der Waals surface area contributed by atoms with E-state index in [0.717, 1.165) is 27.5 Å². The van der Waals surface area contributed by atoms with E-state index in [9.17, 15) is 0 Å². The van der Waals surface area contributed by atoms with Gasteiger partial charge in [0, 0.05) is 10.9 Å². The SMILES string of the molecule is Cc1cccc(-n2ncc(-c3noc(Cc4csc(-c5ccoc5)n4)n3)c2N)c1. The number of aromatic nitrogens is 5. The number of thiazole rings is 1. The van der Waals surface area contributed by atoms with Crippen LogP contribution in [0, 0.1) is 6.92 Å². The largest absolute Gasteiger partial charge is 0.472 e. The van der Waals surface area contributed by atoms with Gasteiger partial charge in [0.15, 0.2) is 0 Å². The molecule has 0 aliphatic rings. The summed E-state index contributed by atoms with van der Waals surface area (Å²) in [6.45, 7) is 2.02. The predicted octanol–water partition coefficient (Wildman–Crippen LogP) is 4.12. The van der Waals surface area contributed by atoms with Gasteiger partial charge in [0.25, 0.3) is 0 Å². The van der Waals surface area contributed by atoms with Crippen LogP contribution in [0.15, 0.2) is 63.4 Å². The van der Waals surface area contributed by atoms with Crippen LogP contribution in [0.1, 0.15) is 17.1 Å². The lowest BCUT2D eigenvalue weighted by Crippen LogP contribution is -2.02. The predicted molar refractivity (Wildman–Crippen MR) is 109 cm³/mol. The van der Waals surface area contributed by atoms with Gasteiger partial charge in [0.2, 0.25) is 11.7 Å². The highest BCUT2D eigenvalue weighted by Crippen LogP contribution is 2.27. The van der Waals surface area contributed by atoms with E-state index < -0.39 is 0 Å². The molecule has 9 heteroatoms. The van der Waals surface area contributed by atoms with Crippen LogP contribution in [0.4, 0.5) is 5.82 Å². The molecule has 0 amide bonds. The first-order chi connectivity index (χ1) is 14.2. The number of rotatable bonds is 5. The number of anilines is 1. The third kappa shape index (κ3) is 3.32. The summed E-state index contributed by atoms with van der Waals surface area (Å²) in [5, 5.41) is 11.3. The third-order valence-electron chi connectivity index (χ3n) is 4.41. The van der Waals surface area contributed by atoms with Crippen molar-refractivity contribution in [2.45, 2.75) is 13.3 Å². The summed E-state index contributed by atoms with van der Waals surface area (Å²) in [7, 11) is 0. The van der Waals surface area contributed by atoms with E-state index in [-0.39, 0.29) is 0 Å². The minimum atomic E-state index is 0.404. The van der Waals surface area contributed by atoms with Crippen LogP contribution >= 0.6 is 11.3 Å². The number of hydrogen-bond donors (Lipinski definition) is 1. The lowest BCUT2D eigenvalue weighted by atomic mass is 10.2. The first-order valence-corrected chi connectivity index (χ1v) is 9.76. The Morgan fingerprint density at radius 1 is 1.21 bits per heavy atom. The molecule has 5 rings (SSSR count). The Kier molecular flexibility index (Phi) is 4.21. The van der Waals surface area contributed by atoms with E-state index in [1.807, 2.05) is 42.6 Å². The van der Waals surface area contributed by atoms with Crippen LogP contribution in [0.3, 0.4) is 0 Å². The topological polar surface area (TPSA) is 109 Å². The van der Waals surface area contributed by atoms with E-state index >= 15 is 0 Å². The Hall–Kier alpha value is -3.72. The highest BCUT2D eigenvalue weighted by atomic mass is 32.1. The molecule has 4 aromatic heterocycles. The lowest BCUT2D eigenvalue weighted by Gasteiger charge is -2.05. The Balaban J connectivity index is 1.38. The van der Waals surface area contributed by atoms with Crippen LogP contribution in [-0.2, 0) is 6.42 Å². The van der Waals surface area contributed by atoms with Gasteiger partial charge in [-0.25, -0.2) is 9.67 Å². The van der Waals surface area contributed by atoms with Crippen molar-refractivity contribution in [2.24, 2.45) is 0 Å². The Bertz CT molecular complexity index is 1270.